The molecule has 1 heterocycles. The molecule has 1 amide bonds. The van der Waals surface area contributed by atoms with Crippen LogP contribution >= 0.6 is 0 Å². The molecule has 2 N–H and O–H groups in total. The molecule has 4 nitrogen and oxygen atoms in total. The van der Waals surface area contributed by atoms with E-state index in [0.29, 0.717) is 5.76 Å². The number of aliphatic hydroxyl groups excluding tert-OH is 1. The summed E-state index contributed by atoms with van der Waals surface area (Å²) in [6.07, 6.45) is 3.81. The Bertz CT molecular complexity index is 607. The lowest BCUT2D eigenvalue weighted by Crippen LogP contribution is -2.50. The summed E-state index contributed by atoms with van der Waals surface area (Å²) < 4.78 is 5.76. The molecule has 1 unspecified atom stereocenters. The van der Waals surface area contributed by atoms with Crippen molar-refractivity contribution in [2.24, 2.45) is 0 Å². The van der Waals surface area contributed by atoms with E-state index in [1.54, 1.807) is 0 Å². The Morgan fingerprint density at radius 2 is 2.10 bits per heavy atom. The van der Waals surface area contributed by atoms with Crippen molar-refractivity contribution in [3.63, 3.8) is 0 Å². The van der Waals surface area contributed by atoms with Crippen LogP contribution in [0.2, 0.25) is 0 Å². The molecule has 0 saturated heterocycles. The molecule has 4 heteroatoms. The van der Waals surface area contributed by atoms with Crippen LogP contribution < -0.4 is 5.32 Å². The van der Waals surface area contributed by atoms with E-state index in [-0.39, 0.29) is 18.4 Å². The number of para-hydroxylation sites is 1. The third kappa shape index (κ3) is 2.68. The van der Waals surface area contributed by atoms with Gasteiger partial charge in [0.1, 0.15) is 11.3 Å². The smallest absolute Gasteiger partial charge is 0.230 e. The van der Waals surface area contributed by atoms with Crippen molar-refractivity contribution >= 4 is 16.9 Å². The van der Waals surface area contributed by atoms with Crippen LogP contribution in [0.4, 0.5) is 0 Å². The normalized spacial score (nSPS) is 18.8. The highest BCUT2D eigenvalue weighted by Gasteiger charge is 2.36. The fourth-order valence-corrected chi connectivity index (χ4v) is 3.09. The Hall–Kier alpha value is -1.81. The molecule has 0 bridgehead atoms. The van der Waals surface area contributed by atoms with Gasteiger partial charge in [-0.15, -0.1) is 0 Å². The minimum absolute atomic E-state index is 0.00555. The third-order valence-electron chi connectivity index (χ3n) is 4.52. The largest absolute Gasteiger partial charge is 0.460 e. The third-order valence-corrected chi connectivity index (χ3v) is 4.52. The number of nitrogens with one attached hydrogen (secondary N) is 1. The van der Waals surface area contributed by atoms with E-state index in [1.807, 2.05) is 37.3 Å². The molecule has 21 heavy (non-hydrogen) atoms. The lowest BCUT2D eigenvalue weighted by Gasteiger charge is -2.29. The summed E-state index contributed by atoms with van der Waals surface area (Å²) in [5, 5.41) is 13.6. The second kappa shape index (κ2) is 5.53. The minimum atomic E-state index is -0.433. The maximum Gasteiger partial charge on any atom is 0.230 e. The van der Waals surface area contributed by atoms with Crippen molar-refractivity contribution in [1.82, 2.24) is 5.32 Å². The number of hydrogen-bond acceptors (Lipinski definition) is 3. The zero-order valence-corrected chi connectivity index (χ0v) is 12.3. The second-order valence-corrected chi connectivity index (χ2v) is 6.04. The van der Waals surface area contributed by atoms with Crippen LogP contribution in [-0.2, 0) is 4.79 Å². The molecule has 0 aliphatic heterocycles. The minimum Gasteiger partial charge on any atom is -0.460 e. The first-order valence-electron chi connectivity index (χ1n) is 7.55. The van der Waals surface area contributed by atoms with Gasteiger partial charge in [0.2, 0.25) is 5.91 Å². The van der Waals surface area contributed by atoms with Crippen LogP contribution in [0.3, 0.4) is 0 Å². The van der Waals surface area contributed by atoms with Gasteiger partial charge in [-0.1, -0.05) is 31.0 Å². The van der Waals surface area contributed by atoms with E-state index < -0.39 is 5.54 Å². The van der Waals surface area contributed by atoms with E-state index in [1.165, 1.54) is 0 Å². The Kier molecular flexibility index (Phi) is 3.72. The molecule has 1 aromatic carbocycles. The first kappa shape index (κ1) is 14.1. The maximum atomic E-state index is 12.5. The number of aliphatic hydroxyl groups is 1. The summed E-state index contributed by atoms with van der Waals surface area (Å²) >= 11 is 0. The fourth-order valence-electron chi connectivity index (χ4n) is 3.09. The van der Waals surface area contributed by atoms with Gasteiger partial charge in [-0.05, 0) is 31.9 Å². The Morgan fingerprint density at radius 3 is 2.76 bits per heavy atom. The van der Waals surface area contributed by atoms with Crippen molar-refractivity contribution in [3.05, 3.63) is 36.1 Å². The van der Waals surface area contributed by atoms with Crippen LogP contribution in [0.5, 0.6) is 0 Å². The summed E-state index contributed by atoms with van der Waals surface area (Å²) in [6, 6.07) is 9.65. The van der Waals surface area contributed by atoms with Crippen LogP contribution in [0.1, 0.15) is 44.3 Å². The number of benzene rings is 1. The van der Waals surface area contributed by atoms with Gasteiger partial charge in [0, 0.05) is 5.39 Å². The summed E-state index contributed by atoms with van der Waals surface area (Å²) in [7, 11) is 0. The maximum absolute atomic E-state index is 12.5. The van der Waals surface area contributed by atoms with Crippen LogP contribution in [0.25, 0.3) is 11.0 Å². The number of amides is 1. The first-order valence-corrected chi connectivity index (χ1v) is 7.55. The van der Waals surface area contributed by atoms with Gasteiger partial charge in [-0.25, -0.2) is 0 Å². The quantitative estimate of drug-likeness (QED) is 0.908. The summed E-state index contributed by atoms with van der Waals surface area (Å²) in [5.74, 6) is 0.228. The average Bonchev–Trinajstić information content (AvgIpc) is 3.13. The lowest BCUT2D eigenvalue weighted by molar-refractivity contribution is -0.125. The van der Waals surface area contributed by atoms with E-state index in [9.17, 15) is 9.90 Å². The zero-order chi connectivity index (χ0) is 14.9. The molecule has 0 radical (unpaired) electrons. The molecule has 1 fully saturated rings. The summed E-state index contributed by atoms with van der Waals surface area (Å²) in [4.78, 5) is 12.5. The Morgan fingerprint density at radius 1 is 1.38 bits per heavy atom. The Labute approximate surface area is 124 Å². The number of carbonyl (C=O) groups excluding carboxylic acids is 1. The van der Waals surface area contributed by atoms with Gasteiger partial charge in [0.05, 0.1) is 18.1 Å². The number of carbonyl (C=O) groups is 1. The molecule has 2 aromatic rings. The topological polar surface area (TPSA) is 62.5 Å². The highest BCUT2D eigenvalue weighted by atomic mass is 16.3. The van der Waals surface area contributed by atoms with Gasteiger partial charge < -0.3 is 14.8 Å². The molecular weight excluding hydrogens is 266 g/mol. The lowest BCUT2D eigenvalue weighted by atomic mass is 9.97. The molecule has 3 rings (SSSR count). The Balaban J connectivity index is 1.77. The standard InChI is InChI=1S/C17H21NO3/c1-12(15-10-13-6-2-3-7-14(13)21-15)16(20)18-17(11-19)8-4-5-9-17/h2-3,6-7,10,12,19H,4-5,8-9,11H2,1H3,(H,18,20). The molecule has 1 aliphatic carbocycles. The predicted octanol–water partition coefficient (Wildman–Crippen LogP) is 2.96. The number of furan rings is 1. The molecule has 1 saturated carbocycles. The fraction of sp³-hybridized carbons (Fsp3) is 0.471. The number of rotatable bonds is 4. The van der Waals surface area contributed by atoms with Gasteiger partial charge in [0.25, 0.3) is 0 Å². The van der Waals surface area contributed by atoms with E-state index in [0.717, 1.165) is 36.7 Å². The average molecular weight is 287 g/mol. The van der Waals surface area contributed by atoms with E-state index in [2.05, 4.69) is 5.32 Å². The van der Waals surface area contributed by atoms with Crippen molar-refractivity contribution < 1.29 is 14.3 Å². The van der Waals surface area contributed by atoms with Crippen LogP contribution in [-0.4, -0.2) is 23.2 Å². The van der Waals surface area contributed by atoms with Gasteiger partial charge in [-0.2, -0.15) is 0 Å². The highest BCUT2D eigenvalue weighted by molar-refractivity contribution is 5.86. The number of fused-ring (bicyclic) bond motifs is 1. The zero-order valence-electron chi connectivity index (χ0n) is 12.3. The second-order valence-electron chi connectivity index (χ2n) is 6.04. The van der Waals surface area contributed by atoms with Gasteiger partial charge in [0.15, 0.2) is 0 Å². The molecule has 0 spiro atoms. The van der Waals surface area contributed by atoms with Crippen LogP contribution in [0.15, 0.2) is 34.7 Å². The monoisotopic (exact) mass is 287 g/mol. The van der Waals surface area contributed by atoms with Crippen molar-refractivity contribution in [1.29, 1.82) is 0 Å². The first-order chi connectivity index (χ1) is 10.1. The molecular formula is C17H21NO3. The van der Waals surface area contributed by atoms with Gasteiger partial charge in [-0.3, -0.25) is 4.79 Å². The van der Waals surface area contributed by atoms with Crippen molar-refractivity contribution in [3.8, 4) is 0 Å². The van der Waals surface area contributed by atoms with E-state index in [4.69, 9.17) is 4.42 Å². The summed E-state index contributed by atoms with van der Waals surface area (Å²) in [6.45, 7) is 1.85. The van der Waals surface area contributed by atoms with Crippen LogP contribution in [0, 0.1) is 0 Å². The molecule has 1 atom stereocenters. The van der Waals surface area contributed by atoms with Crippen molar-refractivity contribution in [2.75, 3.05) is 6.61 Å². The molecule has 112 valence electrons. The summed E-state index contributed by atoms with van der Waals surface area (Å²) in [5.41, 5.74) is 0.363. The highest BCUT2D eigenvalue weighted by Crippen LogP contribution is 2.31. The van der Waals surface area contributed by atoms with Gasteiger partial charge >= 0.3 is 0 Å². The molecule has 1 aromatic heterocycles. The SMILES string of the molecule is CC(C(=O)NC1(CO)CCCC1)c1cc2ccccc2o1. The number of hydrogen-bond donors (Lipinski definition) is 2. The molecule has 1 aliphatic rings. The predicted molar refractivity (Wildman–Crippen MR) is 81.1 cm³/mol. The van der Waals surface area contributed by atoms with E-state index >= 15 is 0 Å². The van der Waals surface area contributed by atoms with Crippen molar-refractivity contribution in [2.45, 2.75) is 44.1 Å².